The highest BCUT2D eigenvalue weighted by atomic mass is 31.2. The second kappa shape index (κ2) is 10.3. The molecule has 1 rings (SSSR count). The van der Waals surface area contributed by atoms with Crippen LogP contribution in [-0.4, -0.2) is 60.0 Å². The summed E-state index contributed by atoms with van der Waals surface area (Å²) in [6.45, 7) is 7.02. The van der Waals surface area contributed by atoms with E-state index in [4.69, 9.17) is 15.0 Å². The summed E-state index contributed by atoms with van der Waals surface area (Å²) in [6, 6.07) is 0. The topological polar surface area (TPSA) is 177 Å². The van der Waals surface area contributed by atoms with Crippen molar-refractivity contribution in [2.45, 2.75) is 77.2 Å². The number of aromatic nitrogens is 2. The second-order valence-electron chi connectivity index (χ2n) is 7.75. The van der Waals surface area contributed by atoms with E-state index in [-0.39, 0.29) is 25.3 Å². The second-order valence-corrected chi connectivity index (χ2v) is 9.93. The average Bonchev–Trinajstić information content (AvgIpc) is 2.67. The molecule has 0 aliphatic carbocycles. The molecule has 11 nitrogen and oxygen atoms in total. The van der Waals surface area contributed by atoms with Crippen molar-refractivity contribution in [3.63, 3.8) is 0 Å². The zero-order chi connectivity index (χ0) is 23.3. The van der Waals surface area contributed by atoms with E-state index in [2.05, 4.69) is 4.98 Å². The fourth-order valence-electron chi connectivity index (χ4n) is 2.51. The number of anilines is 1. The van der Waals surface area contributed by atoms with Crippen molar-refractivity contribution in [2.75, 3.05) is 18.9 Å². The molecule has 6 N–H and O–H groups in total. The third-order valence-corrected chi connectivity index (χ3v) is 7.48. The van der Waals surface area contributed by atoms with Gasteiger partial charge in [0.1, 0.15) is 11.9 Å². The Morgan fingerprint density at radius 3 is 2.43 bits per heavy atom. The van der Waals surface area contributed by atoms with Gasteiger partial charge in [0, 0.05) is 18.2 Å². The van der Waals surface area contributed by atoms with Gasteiger partial charge in [-0.05, 0) is 33.6 Å². The number of hydrogen-bond donors (Lipinski definition) is 5. The van der Waals surface area contributed by atoms with E-state index < -0.39 is 43.2 Å². The van der Waals surface area contributed by atoms with E-state index in [9.17, 15) is 29.6 Å². The monoisotopic (exact) mass is 451 g/mol. The van der Waals surface area contributed by atoms with Crippen molar-refractivity contribution in [3.8, 4) is 0 Å². The molecule has 3 unspecified atom stereocenters. The molecule has 0 amide bonds. The molecular formula is C18H34N3O8P. The number of nitrogen functional groups attached to an aromatic ring is 1. The van der Waals surface area contributed by atoms with E-state index in [0.717, 1.165) is 4.57 Å². The van der Waals surface area contributed by atoms with E-state index in [1.54, 1.807) is 27.7 Å². The van der Waals surface area contributed by atoms with Gasteiger partial charge in [0.25, 0.3) is 0 Å². The van der Waals surface area contributed by atoms with Gasteiger partial charge in [-0.1, -0.05) is 13.8 Å². The minimum Gasteiger partial charge on any atom is -0.394 e. The number of rotatable bonds is 12. The molecule has 0 saturated heterocycles. The van der Waals surface area contributed by atoms with Gasteiger partial charge in [0.15, 0.2) is 11.6 Å². The largest absolute Gasteiger partial charge is 0.394 e. The van der Waals surface area contributed by atoms with Crippen LogP contribution >= 0.6 is 7.60 Å². The van der Waals surface area contributed by atoms with Crippen molar-refractivity contribution in [1.29, 1.82) is 0 Å². The van der Waals surface area contributed by atoms with Gasteiger partial charge in [0.2, 0.25) is 0 Å². The summed E-state index contributed by atoms with van der Waals surface area (Å²) >= 11 is 0. The van der Waals surface area contributed by atoms with Crippen LogP contribution in [0.15, 0.2) is 11.0 Å². The number of aliphatic hydroxyl groups excluding tert-OH is 2. The Hall–Kier alpha value is -1.33. The van der Waals surface area contributed by atoms with Crippen molar-refractivity contribution < 1.29 is 34.0 Å². The summed E-state index contributed by atoms with van der Waals surface area (Å²) in [5.74, 6) is 0.0436. The Kier molecular flexibility index (Phi) is 9.19. The summed E-state index contributed by atoms with van der Waals surface area (Å²) in [5, 5.41) is 27.7. The summed E-state index contributed by atoms with van der Waals surface area (Å²) in [7, 11) is -4.37. The minimum atomic E-state index is -4.37. The molecule has 0 radical (unpaired) electrons. The Labute approximate surface area is 176 Å². The number of ether oxygens (including phenoxy) is 1. The highest BCUT2D eigenvalue weighted by Crippen LogP contribution is 2.58. The fourth-order valence-corrected chi connectivity index (χ4v) is 3.92. The summed E-state index contributed by atoms with van der Waals surface area (Å²) in [4.78, 5) is 26.1. The number of nitrogens with two attached hydrogens (primary N) is 1. The molecule has 0 spiro atoms. The molecule has 0 aromatic carbocycles. The summed E-state index contributed by atoms with van der Waals surface area (Å²) in [5.41, 5.74) is 4.21. The van der Waals surface area contributed by atoms with Crippen molar-refractivity contribution in [1.82, 2.24) is 9.55 Å². The number of nitrogens with zero attached hydrogens (tertiary/aromatic N) is 2. The van der Waals surface area contributed by atoms with Crippen LogP contribution in [0.5, 0.6) is 0 Å². The number of aryl methyl sites for hydroxylation is 1. The van der Waals surface area contributed by atoms with Crippen LogP contribution < -0.4 is 11.4 Å². The van der Waals surface area contributed by atoms with Gasteiger partial charge in [-0.2, -0.15) is 4.98 Å². The van der Waals surface area contributed by atoms with Crippen molar-refractivity contribution >= 4 is 13.4 Å². The SMILES string of the molecule is CCC(C)(CCO[C@H]([C@H](O)CO)n1cc(C)c(N)nc1=O)OP(=O)(O)C(C)(O)CC. The lowest BCUT2D eigenvalue weighted by atomic mass is 10.0. The maximum absolute atomic E-state index is 12.5. The summed E-state index contributed by atoms with van der Waals surface area (Å²) < 4.78 is 24.6. The number of aliphatic hydroxyl groups is 3. The Morgan fingerprint density at radius 2 is 1.93 bits per heavy atom. The van der Waals surface area contributed by atoms with Crippen LogP contribution in [0.2, 0.25) is 0 Å². The maximum atomic E-state index is 12.5. The van der Waals surface area contributed by atoms with Crippen LogP contribution in [-0.2, 0) is 13.8 Å². The molecule has 1 heterocycles. The molecule has 5 atom stereocenters. The van der Waals surface area contributed by atoms with Gasteiger partial charge in [-0.15, -0.1) is 0 Å². The lowest BCUT2D eigenvalue weighted by Crippen LogP contribution is -2.39. The smallest absolute Gasteiger partial charge is 0.359 e. The quantitative estimate of drug-likeness (QED) is 0.287. The third-order valence-electron chi connectivity index (χ3n) is 5.25. The van der Waals surface area contributed by atoms with Gasteiger partial charge in [0.05, 0.1) is 18.8 Å². The standard InChI is InChI=1S/C18H34N3O8P/c1-6-17(4,29-30(26,27)18(5,25)7-2)8-9-28-15(13(23)11-22)21-10-12(3)14(19)20-16(21)24/h10,13,15,22-23,25H,6-9,11H2,1-5H3,(H,26,27)(H2,19,20,24)/t13-,15-,17?,18?/m1/s1. The predicted octanol–water partition coefficient (Wildman–Crippen LogP) is 0.882. The molecule has 12 heteroatoms. The van der Waals surface area contributed by atoms with Crippen molar-refractivity contribution in [2.24, 2.45) is 0 Å². The first-order valence-corrected chi connectivity index (χ1v) is 11.3. The zero-order valence-electron chi connectivity index (χ0n) is 18.1. The zero-order valence-corrected chi connectivity index (χ0v) is 19.0. The van der Waals surface area contributed by atoms with E-state index in [1.165, 1.54) is 13.1 Å². The molecule has 30 heavy (non-hydrogen) atoms. The molecule has 0 aliphatic heterocycles. The highest BCUT2D eigenvalue weighted by molar-refractivity contribution is 7.54. The lowest BCUT2D eigenvalue weighted by Gasteiger charge is -2.36. The average molecular weight is 451 g/mol. The minimum absolute atomic E-state index is 0.0221. The van der Waals surface area contributed by atoms with Gasteiger partial charge >= 0.3 is 13.3 Å². The Balaban J connectivity index is 3.01. The molecular weight excluding hydrogens is 417 g/mol. The van der Waals surface area contributed by atoms with Crippen LogP contribution in [0, 0.1) is 6.92 Å². The first-order valence-electron chi connectivity index (χ1n) is 9.75. The normalized spacial score (nSPS) is 20.0. The Bertz CT molecular complexity index is 815. The lowest BCUT2D eigenvalue weighted by molar-refractivity contribution is -0.110. The molecule has 0 saturated carbocycles. The van der Waals surface area contributed by atoms with Crippen LogP contribution in [0.1, 0.15) is 58.7 Å². The third kappa shape index (κ3) is 6.34. The Morgan fingerprint density at radius 1 is 1.33 bits per heavy atom. The molecule has 1 aromatic heterocycles. The highest BCUT2D eigenvalue weighted by Gasteiger charge is 2.46. The summed E-state index contributed by atoms with van der Waals surface area (Å²) in [6.07, 6.45) is -0.853. The maximum Gasteiger partial charge on any atom is 0.359 e. The molecule has 0 aliphatic rings. The first kappa shape index (κ1) is 26.7. The van der Waals surface area contributed by atoms with Crippen LogP contribution in [0.4, 0.5) is 5.82 Å². The van der Waals surface area contributed by atoms with Gasteiger partial charge in [-0.25, -0.2) is 4.79 Å². The van der Waals surface area contributed by atoms with Crippen LogP contribution in [0.25, 0.3) is 0 Å². The van der Waals surface area contributed by atoms with E-state index in [0.29, 0.717) is 12.0 Å². The van der Waals surface area contributed by atoms with Gasteiger partial charge < -0.3 is 35.2 Å². The van der Waals surface area contributed by atoms with Crippen molar-refractivity contribution in [3.05, 3.63) is 22.2 Å². The van der Waals surface area contributed by atoms with Gasteiger partial charge in [-0.3, -0.25) is 9.13 Å². The number of hydrogen-bond acceptors (Lipinski definition) is 9. The molecule has 0 bridgehead atoms. The molecule has 174 valence electrons. The van der Waals surface area contributed by atoms with Crippen LogP contribution in [0.3, 0.4) is 0 Å². The first-order chi connectivity index (χ1) is 13.7. The fraction of sp³-hybridized carbons (Fsp3) is 0.778. The molecule has 1 aromatic rings. The predicted molar refractivity (Wildman–Crippen MR) is 111 cm³/mol. The van der Waals surface area contributed by atoms with E-state index >= 15 is 0 Å². The van der Waals surface area contributed by atoms with E-state index in [1.807, 2.05) is 0 Å². The molecule has 0 fully saturated rings.